The minimum absolute atomic E-state index is 0.0197. The molecule has 0 bridgehead atoms. The van der Waals surface area contributed by atoms with Gasteiger partial charge in [-0.2, -0.15) is 0 Å². The molecule has 2 aromatic rings. The van der Waals surface area contributed by atoms with Crippen LogP contribution in [0, 0.1) is 5.41 Å². The Balaban J connectivity index is 2.53. The van der Waals surface area contributed by atoms with E-state index in [4.69, 9.17) is 28.9 Å². The van der Waals surface area contributed by atoms with Crippen molar-refractivity contribution < 1.29 is 0 Å². The first-order valence-electron chi connectivity index (χ1n) is 6.24. The van der Waals surface area contributed by atoms with Gasteiger partial charge in [0.1, 0.15) is 0 Å². The zero-order chi connectivity index (χ0) is 15.1. The number of anilines is 1. The maximum Gasteiger partial charge on any atom is 0.182 e. The smallest absolute Gasteiger partial charge is 0.182 e. The van der Waals surface area contributed by atoms with Crippen LogP contribution in [0.5, 0.6) is 0 Å². The lowest BCUT2D eigenvalue weighted by Crippen LogP contribution is -2.23. The Morgan fingerprint density at radius 2 is 1.90 bits per heavy atom. The van der Waals surface area contributed by atoms with E-state index in [2.05, 4.69) is 43.2 Å². The monoisotopic (exact) mass is 313 g/mol. The van der Waals surface area contributed by atoms with Gasteiger partial charge in [0, 0.05) is 5.56 Å². The predicted molar refractivity (Wildman–Crippen MR) is 81.9 cm³/mol. The first kappa shape index (κ1) is 15.1. The summed E-state index contributed by atoms with van der Waals surface area (Å²) in [5, 5.41) is 12.7. The van der Waals surface area contributed by atoms with Gasteiger partial charge in [-0.3, -0.25) is 0 Å². The van der Waals surface area contributed by atoms with E-state index >= 15 is 0 Å². The number of tetrazole rings is 1. The van der Waals surface area contributed by atoms with E-state index in [0.29, 0.717) is 21.6 Å². The van der Waals surface area contributed by atoms with Crippen LogP contribution in [0.25, 0.3) is 11.4 Å². The highest BCUT2D eigenvalue weighted by atomic mass is 35.5. The van der Waals surface area contributed by atoms with E-state index in [-0.39, 0.29) is 11.5 Å². The van der Waals surface area contributed by atoms with Gasteiger partial charge in [-0.25, -0.2) is 4.68 Å². The van der Waals surface area contributed by atoms with E-state index < -0.39 is 0 Å². The zero-order valence-electron chi connectivity index (χ0n) is 11.9. The van der Waals surface area contributed by atoms with Crippen molar-refractivity contribution in [1.82, 2.24) is 20.2 Å². The van der Waals surface area contributed by atoms with E-state index in [9.17, 15) is 0 Å². The molecule has 0 fully saturated rings. The van der Waals surface area contributed by atoms with E-state index in [1.54, 1.807) is 16.8 Å². The minimum Gasteiger partial charge on any atom is -0.397 e. The molecule has 0 saturated carbocycles. The Morgan fingerprint density at radius 3 is 2.45 bits per heavy atom. The quantitative estimate of drug-likeness (QED) is 0.855. The standard InChI is InChI=1S/C13H17Cl2N5/c1-7(13(2,3)4)20-12(17-18-19-20)8-5-9(14)11(15)10(16)6-8/h5-7H,16H2,1-4H3. The van der Waals surface area contributed by atoms with Crippen LogP contribution >= 0.6 is 23.2 Å². The highest BCUT2D eigenvalue weighted by molar-refractivity contribution is 6.43. The Morgan fingerprint density at radius 1 is 1.25 bits per heavy atom. The molecule has 2 N–H and O–H groups in total. The Labute approximate surface area is 128 Å². The van der Waals surface area contributed by atoms with Gasteiger partial charge in [0.15, 0.2) is 5.82 Å². The lowest BCUT2D eigenvalue weighted by molar-refractivity contribution is 0.243. The van der Waals surface area contributed by atoms with Crippen LogP contribution in [-0.4, -0.2) is 20.2 Å². The topological polar surface area (TPSA) is 69.6 Å². The second-order valence-electron chi connectivity index (χ2n) is 5.85. The lowest BCUT2D eigenvalue weighted by atomic mass is 9.88. The molecule has 108 valence electrons. The third kappa shape index (κ3) is 2.74. The van der Waals surface area contributed by atoms with Crippen molar-refractivity contribution in [3.63, 3.8) is 0 Å². The van der Waals surface area contributed by atoms with Gasteiger partial charge >= 0.3 is 0 Å². The third-order valence-electron chi connectivity index (χ3n) is 3.43. The average Bonchev–Trinajstić information content (AvgIpc) is 2.82. The number of rotatable bonds is 2. The molecule has 1 aromatic carbocycles. The van der Waals surface area contributed by atoms with Gasteiger partial charge in [-0.15, -0.1) is 5.10 Å². The van der Waals surface area contributed by atoms with Crippen molar-refractivity contribution in [1.29, 1.82) is 0 Å². The van der Waals surface area contributed by atoms with Crippen molar-refractivity contribution >= 4 is 28.9 Å². The molecule has 0 aliphatic carbocycles. The summed E-state index contributed by atoms with van der Waals surface area (Å²) in [6.07, 6.45) is 0. The fraction of sp³-hybridized carbons (Fsp3) is 0.462. The predicted octanol–water partition coefficient (Wildman–Crippen LogP) is 3.84. The summed E-state index contributed by atoms with van der Waals surface area (Å²) >= 11 is 12.0. The second kappa shape index (κ2) is 5.22. The fourth-order valence-corrected chi connectivity index (χ4v) is 2.09. The summed E-state index contributed by atoms with van der Waals surface area (Å²) in [6, 6.07) is 3.56. The van der Waals surface area contributed by atoms with Crippen LogP contribution in [0.1, 0.15) is 33.7 Å². The summed E-state index contributed by atoms with van der Waals surface area (Å²) in [4.78, 5) is 0. The largest absolute Gasteiger partial charge is 0.397 e. The maximum atomic E-state index is 6.07. The van der Waals surface area contributed by atoms with E-state index in [1.807, 2.05) is 0 Å². The molecule has 20 heavy (non-hydrogen) atoms. The van der Waals surface area contributed by atoms with Crippen LogP contribution in [0.4, 0.5) is 5.69 Å². The fourth-order valence-electron chi connectivity index (χ4n) is 1.75. The Bertz CT molecular complexity index is 607. The lowest BCUT2D eigenvalue weighted by Gasteiger charge is -2.27. The molecule has 5 nitrogen and oxygen atoms in total. The number of nitrogens with zero attached hydrogens (tertiary/aromatic N) is 4. The highest BCUT2D eigenvalue weighted by Crippen LogP contribution is 2.36. The van der Waals surface area contributed by atoms with Crippen LogP contribution in [-0.2, 0) is 0 Å². The van der Waals surface area contributed by atoms with Crippen LogP contribution in [0.3, 0.4) is 0 Å². The average molecular weight is 314 g/mol. The SMILES string of the molecule is CC(n1nnnc1-c1cc(N)c(Cl)c(Cl)c1)C(C)(C)C. The molecule has 1 aromatic heterocycles. The second-order valence-corrected chi connectivity index (χ2v) is 6.64. The van der Waals surface area contributed by atoms with E-state index in [1.165, 1.54) is 0 Å². The minimum atomic E-state index is 0.0197. The molecule has 0 aliphatic heterocycles. The molecule has 1 unspecified atom stereocenters. The zero-order valence-corrected chi connectivity index (χ0v) is 13.4. The third-order valence-corrected chi connectivity index (χ3v) is 4.24. The van der Waals surface area contributed by atoms with Crippen molar-refractivity contribution in [2.75, 3.05) is 5.73 Å². The molecule has 7 heteroatoms. The first-order chi connectivity index (χ1) is 9.21. The number of hydrogen-bond acceptors (Lipinski definition) is 4. The Kier molecular flexibility index (Phi) is 3.93. The Hall–Kier alpha value is -1.33. The summed E-state index contributed by atoms with van der Waals surface area (Å²) in [6.45, 7) is 8.46. The molecular formula is C13H17Cl2N5. The van der Waals surface area contributed by atoms with Crippen molar-refractivity contribution in [3.05, 3.63) is 22.2 Å². The van der Waals surface area contributed by atoms with Gasteiger partial charge in [-0.05, 0) is 34.9 Å². The molecule has 0 amide bonds. The summed E-state index contributed by atoms with van der Waals surface area (Å²) in [5.74, 6) is 0.623. The number of hydrogen-bond donors (Lipinski definition) is 1. The highest BCUT2D eigenvalue weighted by Gasteiger charge is 2.26. The molecular weight excluding hydrogens is 297 g/mol. The van der Waals surface area contributed by atoms with E-state index in [0.717, 1.165) is 5.56 Å². The molecule has 0 aliphatic rings. The number of nitrogen functional groups attached to an aromatic ring is 1. The number of halogens is 2. The number of aromatic nitrogens is 4. The molecule has 0 radical (unpaired) electrons. The molecule has 0 spiro atoms. The van der Waals surface area contributed by atoms with Gasteiger partial charge in [0.05, 0.1) is 21.8 Å². The van der Waals surface area contributed by atoms with Crippen LogP contribution < -0.4 is 5.73 Å². The normalized spacial score (nSPS) is 13.5. The van der Waals surface area contributed by atoms with Crippen molar-refractivity contribution in [2.24, 2.45) is 5.41 Å². The van der Waals surface area contributed by atoms with Crippen molar-refractivity contribution in [3.8, 4) is 11.4 Å². The summed E-state index contributed by atoms with van der Waals surface area (Å²) in [5.41, 5.74) is 7.02. The van der Waals surface area contributed by atoms with Gasteiger partial charge in [0.25, 0.3) is 0 Å². The maximum absolute atomic E-state index is 6.07. The van der Waals surface area contributed by atoms with Gasteiger partial charge < -0.3 is 5.73 Å². The first-order valence-corrected chi connectivity index (χ1v) is 7.00. The van der Waals surface area contributed by atoms with Gasteiger partial charge in [-0.1, -0.05) is 44.0 Å². The molecule has 1 heterocycles. The number of benzene rings is 1. The van der Waals surface area contributed by atoms with Crippen molar-refractivity contribution in [2.45, 2.75) is 33.7 Å². The number of nitrogens with two attached hydrogens (primary N) is 1. The van der Waals surface area contributed by atoms with Crippen LogP contribution in [0.2, 0.25) is 10.0 Å². The molecule has 0 saturated heterocycles. The molecule has 1 atom stereocenters. The van der Waals surface area contributed by atoms with Crippen LogP contribution in [0.15, 0.2) is 12.1 Å². The summed E-state index contributed by atoms with van der Waals surface area (Å²) < 4.78 is 1.78. The molecule has 2 rings (SSSR count). The van der Waals surface area contributed by atoms with Gasteiger partial charge in [0.2, 0.25) is 0 Å². The summed E-state index contributed by atoms with van der Waals surface area (Å²) in [7, 11) is 0.